The highest BCUT2D eigenvalue weighted by Gasteiger charge is 2.63. The minimum absolute atomic E-state index is 0.00498. The first-order valence-corrected chi connectivity index (χ1v) is 13.4. The highest BCUT2D eigenvalue weighted by molar-refractivity contribution is 5.71. The topological polar surface area (TPSA) is 158 Å². The van der Waals surface area contributed by atoms with E-state index in [2.05, 4.69) is 15.0 Å². The fourth-order valence-corrected chi connectivity index (χ4v) is 6.27. The second kappa shape index (κ2) is 10.6. The number of anilines is 1. The molecule has 1 aliphatic rings. The molecule has 0 spiro atoms. The van der Waals surface area contributed by atoms with E-state index in [1.807, 2.05) is 78.9 Å². The second-order valence-corrected chi connectivity index (χ2v) is 10.2. The lowest BCUT2D eigenvalue weighted by molar-refractivity contribution is -0.142. The van der Waals surface area contributed by atoms with Gasteiger partial charge in [-0.25, -0.2) is 4.98 Å². The van der Waals surface area contributed by atoms with Gasteiger partial charge in [-0.2, -0.15) is 4.98 Å². The van der Waals surface area contributed by atoms with Crippen molar-refractivity contribution in [3.05, 3.63) is 112 Å². The molecule has 0 radical (unpaired) electrons. The Morgan fingerprint density at radius 3 is 2.10 bits per heavy atom. The third-order valence-electron chi connectivity index (χ3n) is 8.09. The van der Waals surface area contributed by atoms with Crippen LogP contribution in [-0.4, -0.2) is 62.8 Å². The number of aliphatic hydroxyl groups excluding tert-OH is 2. The summed E-state index contributed by atoms with van der Waals surface area (Å²) in [6, 6.07) is 24.9. The van der Waals surface area contributed by atoms with Crippen LogP contribution in [0, 0.1) is 0 Å². The van der Waals surface area contributed by atoms with E-state index in [0.29, 0.717) is 11.5 Å². The van der Waals surface area contributed by atoms with Gasteiger partial charge in [0.15, 0.2) is 16.9 Å². The number of aromatic amines is 1. The Labute approximate surface area is 241 Å². The Hall–Kier alpha value is -4.71. The lowest BCUT2D eigenvalue weighted by atomic mass is 9.61. The van der Waals surface area contributed by atoms with Gasteiger partial charge < -0.3 is 30.2 Å². The molecule has 0 bridgehead atoms. The van der Waals surface area contributed by atoms with Crippen molar-refractivity contribution >= 4 is 17.1 Å². The zero-order valence-corrected chi connectivity index (χ0v) is 23.1. The molecule has 11 heteroatoms. The SMILES string of the molecule is COc1ccc(C(c2ccccc2)(c2ccc(OC)cc2)[C@]2(n3cnc4c(=O)[nH]c(N)nc43)C[C@H](O)[C@@H](CO)O2)cc1. The summed E-state index contributed by atoms with van der Waals surface area (Å²) in [4.78, 5) is 24.3. The van der Waals surface area contributed by atoms with Crippen LogP contribution >= 0.6 is 0 Å². The lowest BCUT2D eigenvalue weighted by Crippen LogP contribution is -2.55. The van der Waals surface area contributed by atoms with E-state index in [0.717, 1.165) is 16.7 Å². The summed E-state index contributed by atoms with van der Waals surface area (Å²) in [5, 5.41) is 21.7. The van der Waals surface area contributed by atoms with Crippen LogP contribution in [0.1, 0.15) is 23.1 Å². The van der Waals surface area contributed by atoms with Crippen LogP contribution in [0.2, 0.25) is 0 Å². The normalized spacial score (nSPS) is 20.6. The number of rotatable bonds is 8. The number of nitrogen functional groups attached to an aromatic ring is 1. The molecule has 11 nitrogen and oxygen atoms in total. The quantitative estimate of drug-likeness (QED) is 0.206. The smallest absolute Gasteiger partial charge is 0.280 e. The lowest BCUT2D eigenvalue weighted by Gasteiger charge is -2.50. The van der Waals surface area contributed by atoms with Gasteiger partial charge in [0.2, 0.25) is 5.95 Å². The van der Waals surface area contributed by atoms with E-state index < -0.39 is 35.5 Å². The minimum Gasteiger partial charge on any atom is -0.497 e. The maximum absolute atomic E-state index is 12.9. The van der Waals surface area contributed by atoms with Crippen LogP contribution in [0.4, 0.5) is 5.95 Å². The number of fused-ring (bicyclic) bond motifs is 1. The molecule has 6 rings (SSSR count). The van der Waals surface area contributed by atoms with E-state index in [-0.39, 0.29) is 23.5 Å². The predicted octanol–water partition coefficient (Wildman–Crippen LogP) is 2.55. The van der Waals surface area contributed by atoms with Crippen molar-refractivity contribution in [1.29, 1.82) is 0 Å². The molecular formula is C31H31N5O6. The molecule has 5 N–H and O–H groups in total. The first kappa shape index (κ1) is 27.5. The summed E-state index contributed by atoms with van der Waals surface area (Å²) in [6.45, 7) is -0.443. The van der Waals surface area contributed by atoms with Crippen LogP contribution in [0.3, 0.4) is 0 Å². The van der Waals surface area contributed by atoms with Gasteiger partial charge in [0.1, 0.15) is 17.6 Å². The van der Waals surface area contributed by atoms with Gasteiger partial charge in [-0.15, -0.1) is 0 Å². The Balaban J connectivity index is 1.81. The maximum Gasteiger partial charge on any atom is 0.280 e. The van der Waals surface area contributed by atoms with Crippen molar-refractivity contribution in [3.63, 3.8) is 0 Å². The largest absolute Gasteiger partial charge is 0.497 e. The van der Waals surface area contributed by atoms with E-state index in [4.69, 9.17) is 19.9 Å². The van der Waals surface area contributed by atoms with Crippen molar-refractivity contribution in [3.8, 4) is 11.5 Å². The van der Waals surface area contributed by atoms with Gasteiger partial charge >= 0.3 is 0 Å². The van der Waals surface area contributed by atoms with E-state index in [1.165, 1.54) is 6.33 Å². The number of methoxy groups -OCH3 is 2. The molecule has 216 valence electrons. The Bertz CT molecular complexity index is 1710. The van der Waals surface area contributed by atoms with Gasteiger partial charge in [0, 0.05) is 6.42 Å². The molecule has 0 amide bonds. The highest BCUT2D eigenvalue weighted by atomic mass is 16.6. The summed E-state index contributed by atoms with van der Waals surface area (Å²) in [7, 11) is 3.19. The molecule has 0 unspecified atom stereocenters. The summed E-state index contributed by atoms with van der Waals surface area (Å²) in [5.41, 5.74) is 5.37. The third-order valence-corrected chi connectivity index (χ3v) is 8.09. The molecule has 2 aromatic heterocycles. The van der Waals surface area contributed by atoms with E-state index in [9.17, 15) is 15.0 Å². The molecule has 5 aromatic rings. The molecular weight excluding hydrogens is 538 g/mol. The zero-order chi connectivity index (χ0) is 29.5. The van der Waals surface area contributed by atoms with Crippen molar-refractivity contribution in [1.82, 2.24) is 19.5 Å². The van der Waals surface area contributed by atoms with Crippen LogP contribution in [0.15, 0.2) is 90.0 Å². The van der Waals surface area contributed by atoms with E-state index in [1.54, 1.807) is 18.8 Å². The number of hydrogen-bond acceptors (Lipinski definition) is 9. The number of aliphatic hydroxyl groups is 2. The average Bonchev–Trinajstić information content (AvgIpc) is 3.60. The highest BCUT2D eigenvalue weighted by Crippen LogP contribution is 2.57. The summed E-state index contributed by atoms with van der Waals surface area (Å²) in [5.74, 6) is 1.21. The number of nitrogens with one attached hydrogen (secondary N) is 1. The van der Waals surface area contributed by atoms with Crippen LogP contribution in [0.25, 0.3) is 11.2 Å². The average molecular weight is 570 g/mol. The zero-order valence-electron chi connectivity index (χ0n) is 23.1. The third kappa shape index (κ3) is 4.04. The van der Waals surface area contributed by atoms with Crippen molar-refractivity contribution in [2.75, 3.05) is 26.6 Å². The Morgan fingerprint density at radius 2 is 1.57 bits per heavy atom. The number of nitrogens with zero attached hydrogens (tertiary/aromatic N) is 3. The standard InChI is InChI=1S/C31H31N5O6/c1-40-22-12-8-20(9-13-22)31(19-6-4-3-5-7-19,21-10-14-23(41-2)15-11-21)30(16-24(38)25(17-37)42-30)36-18-33-26-27(36)34-29(32)35-28(26)39/h3-15,18,24-25,37-38H,16-17H2,1-2H3,(H3,32,34,35,39)/t24-,25+,30-/m0/s1. The van der Waals surface area contributed by atoms with E-state index >= 15 is 0 Å². The Kier molecular flexibility index (Phi) is 6.93. The molecule has 1 fully saturated rings. The Morgan fingerprint density at radius 1 is 1.00 bits per heavy atom. The monoisotopic (exact) mass is 569 g/mol. The van der Waals surface area contributed by atoms with Crippen molar-refractivity contribution < 1.29 is 24.4 Å². The first-order valence-electron chi connectivity index (χ1n) is 13.4. The summed E-state index contributed by atoms with van der Waals surface area (Å²) >= 11 is 0. The number of imidazole rings is 1. The maximum atomic E-state index is 12.9. The van der Waals surface area contributed by atoms with Crippen molar-refractivity contribution in [2.45, 2.75) is 29.8 Å². The second-order valence-electron chi connectivity index (χ2n) is 10.2. The molecule has 1 aliphatic heterocycles. The summed E-state index contributed by atoms with van der Waals surface area (Å²) < 4.78 is 19.5. The van der Waals surface area contributed by atoms with Crippen LogP contribution in [0.5, 0.6) is 11.5 Å². The fraction of sp³-hybridized carbons (Fsp3) is 0.258. The number of hydrogen-bond donors (Lipinski definition) is 4. The number of ether oxygens (including phenoxy) is 3. The van der Waals surface area contributed by atoms with Gasteiger partial charge in [0.05, 0.1) is 38.7 Å². The van der Waals surface area contributed by atoms with Crippen LogP contribution in [-0.2, 0) is 15.9 Å². The molecule has 3 heterocycles. The van der Waals surface area contributed by atoms with Crippen LogP contribution < -0.4 is 20.8 Å². The molecule has 0 saturated carbocycles. The molecule has 3 aromatic carbocycles. The summed E-state index contributed by atoms with van der Waals surface area (Å²) in [6.07, 6.45) is -0.554. The molecule has 1 saturated heterocycles. The molecule has 3 atom stereocenters. The minimum atomic E-state index is -1.52. The number of H-pyrrole nitrogens is 1. The number of nitrogens with two attached hydrogens (primary N) is 1. The van der Waals surface area contributed by atoms with Gasteiger partial charge in [0.25, 0.3) is 5.56 Å². The molecule has 42 heavy (non-hydrogen) atoms. The number of benzene rings is 3. The van der Waals surface area contributed by atoms with Gasteiger partial charge in [-0.3, -0.25) is 14.3 Å². The molecule has 0 aliphatic carbocycles. The van der Waals surface area contributed by atoms with Gasteiger partial charge in [-0.05, 0) is 41.0 Å². The predicted molar refractivity (Wildman–Crippen MR) is 155 cm³/mol. The first-order chi connectivity index (χ1) is 20.4. The van der Waals surface area contributed by atoms with Gasteiger partial charge in [-0.1, -0.05) is 54.6 Å². The van der Waals surface area contributed by atoms with Crippen molar-refractivity contribution in [2.24, 2.45) is 0 Å². The fourth-order valence-electron chi connectivity index (χ4n) is 6.27. The number of aromatic nitrogens is 4.